The van der Waals surface area contributed by atoms with Gasteiger partial charge in [-0.2, -0.15) is 8.99 Å². The number of aromatic nitrogens is 4. The van der Waals surface area contributed by atoms with Gasteiger partial charge in [0.15, 0.2) is 0 Å². The summed E-state index contributed by atoms with van der Waals surface area (Å²) < 4.78 is 44.0. The number of tetrazole rings is 1. The fraction of sp³-hybridized carbons (Fsp3) is 0.316. The van der Waals surface area contributed by atoms with E-state index in [1.54, 1.807) is 9.36 Å². The molecule has 3 aromatic rings. The molecule has 0 amide bonds. The number of sulfonamides is 1. The predicted octanol–water partition coefficient (Wildman–Crippen LogP) is 2.21. The van der Waals surface area contributed by atoms with E-state index in [9.17, 15) is 12.8 Å². The minimum absolute atomic E-state index is 0.0284. The van der Waals surface area contributed by atoms with Crippen LogP contribution in [-0.2, 0) is 16.7 Å². The third kappa shape index (κ3) is 4.06. The highest BCUT2D eigenvalue weighted by Crippen LogP contribution is 2.19. The molecule has 11 heteroatoms. The van der Waals surface area contributed by atoms with Gasteiger partial charge in [-0.3, -0.25) is 4.90 Å². The van der Waals surface area contributed by atoms with Crippen molar-refractivity contribution in [3.8, 4) is 5.69 Å². The second-order valence-corrected chi connectivity index (χ2v) is 9.38. The van der Waals surface area contributed by atoms with Gasteiger partial charge < -0.3 is 0 Å². The fourth-order valence-electron chi connectivity index (χ4n) is 3.39. The molecule has 2 heterocycles. The third-order valence-corrected chi connectivity index (χ3v) is 7.36. The van der Waals surface area contributed by atoms with Gasteiger partial charge in [0.2, 0.25) is 14.8 Å². The molecular weight excluding hydrogens is 427 g/mol. The van der Waals surface area contributed by atoms with Crippen molar-refractivity contribution in [2.24, 2.45) is 0 Å². The number of halogens is 1. The molecule has 0 aliphatic carbocycles. The van der Waals surface area contributed by atoms with Gasteiger partial charge in [-0.15, -0.1) is 0 Å². The van der Waals surface area contributed by atoms with Crippen LogP contribution < -0.4 is 0 Å². The first-order chi connectivity index (χ1) is 14.4. The Morgan fingerprint density at radius 2 is 1.77 bits per heavy atom. The average Bonchev–Trinajstić information content (AvgIpc) is 3.09. The minimum atomic E-state index is -3.72. The molecular formula is C19H21FN6O2S2. The highest BCUT2D eigenvalue weighted by atomic mass is 32.2. The molecule has 158 valence electrons. The molecule has 0 saturated carbocycles. The zero-order valence-electron chi connectivity index (χ0n) is 16.3. The van der Waals surface area contributed by atoms with Gasteiger partial charge >= 0.3 is 0 Å². The van der Waals surface area contributed by atoms with Gasteiger partial charge in [0.25, 0.3) is 0 Å². The first kappa shape index (κ1) is 20.8. The van der Waals surface area contributed by atoms with Gasteiger partial charge in [-0.1, -0.05) is 24.3 Å². The zero-order valence-corrected chi connectivity index (χ0v) is 18.0. The van der Waals surface area contributed by atoms with Crippen LogP contribution in [0.15, 0.2) is 53.4 Å². The summed E-state index contributed by atoms with van der Waals surface area (Å²) in [5.41, 5.74) is 1.91. The number of rotatable bonds is 5. The SMILES string of the molecule is Cc1ccccc1-n1nnn(CN2CCN(S(=O)(=O)c3cccc(F)c3)CC2)c1=S. The van der Waals surface area contributed by atoms with Crippen molar-refractivity contribution in [3.05, 3.63) is 64.7 Å². The molecule has 0 spiro atoms. The van der Waals surface area contributed by atoms with Crippen LogP contribution in [0.3, 0.4) is 0 Å². The zero-order chi connectivity index (χ0) is 21.3. The van der Waals surface area contributed by atoms with Crippen LogP contribution in [0.25, 0.3) is 5.69 Å². The number of para-hydroxylation sites is 1. The van der Waals surface area contributed by atoms with Crippen molar-refractivity contribution >= 4 is 22.2 Å². The summed E-state index contributed by atoms with van der Waals surface area (Å²) in [7, 11) is -3.72. The molecule has 1 aliphatic rings. The summed E-state index contributed by atoms with van der Waals surface area (Å²) in [6, 6.07) is 12.9. The predicted molar refractivity (Wildman–Crippen MR) is 112 cm³/mol. The smallest absolute Gasteiger partial charge is 0.243 e. The molecule has 2 aromatic carbocycles. The van der Waals surface area contributed by atoms with E-state index >= 15 is 0 Å². The topological polar surface area (TPSA) is 76.3 Å². The first-order valence-electron chi connectivity index (χ1n) is 9.43. The Balaban J connectivity index is 1.44. The van der Waals surface area contributed by atoms with Gasteiger partial charge in [0.1, 0.15) is 5.82 Å². The normalized spacial score (nSPS) is 16.1. The van der Waals surface area contributed by atoms with E-state index in [2.05, 4.69) is 15.3 Å². The average molecular weight is 449 g/mol. The maximum atomic E-state index is 13.4. The Labute approximate surface area is 179 Å². The Hall–Kier alpha value is -2.47. The summed E-state index contributed by atoms with van der Waals surface area (Å²) in [5.74, 6) is -0.569. The number of piperazine rings is 1. The van der Waals surface area contributed by atoms with Gasteiger partial charge in [-0.05, 0) is 59.4 Å². The largest absolute Gasteiger partial charge is 0.282 e. The van der Waals surface area contributed by atoms with E-state index in [0.717, 1.165) is 17.3 Å². The molecule has 30 heavy (non-hydrogen) atoms. The molecule has 0 bridgehead atoms. The second-order valence-electron chi connectivity index (χ2n) is 7.08. The number of aryl methyl sites for hydroxylation is 1. The van der Waals surface area contributed by atoms with Crippen molar-refractivity contribution in [2.45, 2.75) is 18.5 Å². The lowest BCUT2D eigenvalue weighted by Crippen LogP contribution is -2.48. The Kier molecular flexibility index (Phi) is 5.78. The first-order valence-corrected chi connectivity index (χ1v) is 11.3. The number of benzene rings is 2. The monoisotopic (exact) mass is 448 g/mol. The lowest BCUT2D eigenvalue weighted by Gasteiger charge is -2.33. The maximum absolute atomic E-state index is 13.4. The van der Waals surface area contributed by atoms with Gasteiger partial charge in [0.05, 0.1) is 17.3 Å². The number of hydrogen-bond donors (Lipinski definition) is 0. The van der Waals surface area contributed by atoms with Crippen LogP contribution in [-0.4, -0.2) is 63.6 Å². The van der Waals surface area contributed by atoms with Crippen molar-refractivity contribution < 1.29 is 12.8 Å². The quantitative estimate of drug-likeness (QED) is 0.557. The third-order valence-electron chi connectivity index (χ3n) is 5.08. The molecule has 0 radical (unpaired) electrons. The van der Waals surface area contributed by atoms with Crippen LogP contribution >= 0.6 is 12.2 Å². The summed E-state index contributed by atoms with van der Waals surface area (Å²) in [5, 5.41) is 8.33. The van der Waals surface area contributed by atoms with E-state index in [1.165, 1.54) is 22.5 Å². The summed E-state index contributed by atoms with van der Waals surface area (Å²) in [6.45, 7) is 4.02. The number of nitrogens with zero attached hydrogens (tertiary/aromatic N) is 6. The number of hydrogen-bond acceptors (Lipinski definition) is 6. The van der Waals surface area contributed by atoms with Crippen molar-refractivity contribution in [1.29, 1.82) is 0 Å². The summed E-state index contributed by atoms with van der Waals surface area (Å²) in [4.78, 5) is 2.03. The maximum Gasteiger partial charge on any atom is 0.243 e. The molecule has 1 aliphatic heterocycles. The molecule has 0 N–H and O–H groups in total. The molecule has 1 saturated heterocycles. The summed E-state index contributed by atoms with van der Waals surface area (Å²) in [6.07, 6.45) is 0. The highest BCUT2D eigenvalue weighted by Gasteiger charge is 2.29. The van der Waals surface area contributed by atoms with E-state index < -0.39 is 15.8 Å². The Bertz CT molecular complexity index is 1220. The Morgan fingerprint density at radius 3 is 2.47 bits per heavy atom. The van der Waals surface area contributed by atoms with Crippen LogP contribution in [0.4, 0.5) is 4.39 Å². The van der Waals surface area contributed by atoms with E-state index in [0.29, 0.717) is 37.6 Å². The molecule has 0 unspecified atom stereocenters. The minimum Gasteiger partial charge on any atom is -0.282 e. The van der Waals surface area contributed by atoms with Crippen LogP contribution in [0.1, 0.15) is 5.56 Å². The van der Waals surface area contributed by atoms with Crippen LogP contribution in [0.2, 0.25) is 0 Å². The lowest BCUT2D eigenvalue weighted by molar-refractivity contribution is 0.143. The van der Waals surface area contributed by atoms with Gasteiger partial charge in [-0.25, -0.2) is 17.5 Å². The van der Waals surface area contributed by atoms with Crippen molar-refractivity contribution in [3.63, 3.8) is 0 Å². The van der Waals surface area contributed by atoms with Crippen molar-refractivity contribution in [2.75, 3.05) is 26.2 Å². The highest BCUT2D eigenvalue weighted by molar-refractivity contribution is 7.89. The van der Waals surface area contributed by atoms with Crippen LogP contribution in [0.5, 0.6) is 0 Å². The van der Waals surface area contributed by atoms with Crippen LogP contribution in [0, 0.1) is 17.5 Å². The molecule has 0 atom stereocenters. The molecule has 8 nitrogen and oxygen atoms in total. The molecule has 1 aromatic heterocycles. The standard InChI is InChI=1S/C19H21FN6O2S2/c1-15-5-2-3-8-18(15)26-19(29)25(21-22-26)14-23-9-11-24(12-10-23)30(27,28)17-7-4-6-16(20)13-17/h2-8,13H,9-12,14H2,1H3. The van der Waals surface area contributed by atoms with E-state index in [1.807, 2.05) is 31.2 Å². The molecule has 4 rings (SSSR count). The van der Waals surface area contributed by atoms with E-state index in [4.69, 9.17) is 12.2 Å². The fourth-order valence-corrected chi connectivity index (χ4v) is 5.08. The second kappa shape index (κ2) is 8.34. The molecule has 1 fully saturated rings. The Morgan fingerprint density at radius 1 is 1.03 bits per heavy atom. The van der Waals surface area contributed by atoms with Gasteiger partial charge in [0, 0.05) is 26.2 Å². The van der Waals surface area contributed by atoms with E-state index in [-0.39, 0.29) is 4.90 Å². The van der Waals surface area contributed by atoms with Crippen molar-refractivity contribution in [1.82, 2.24) is 29.0 Å². The lowest BCUT2D eigenvalue weighted by atomic mass is 10.2. The summed E-state index contributed by atoms with van der Waals surface area (Å²) >= 11 is 5.53.